The van der Waals surface area contributed by atoms with Crippen LogP contribution in [0.4, 0.5) is 0 Å². The molecule has 0 radical (unpaired) electrons. The van der Waals surface area contributed by atoms with E-state index in [0.29, 0.717) is 11.1 Å². The zero-order valence-electron chi connectivity index (χ0n) is 12.9. The SMILES string of the molecule is Cn1c(=O)[nH]c(=O)c2nc(/C=C(\O)c3ccc(C#N)cc3)c(=O)[nH]c21. The van der Waals surface area contributed by atoms with Crippen LogP contribution in [0.2, 0.25) is 0 Å². The van der Waals surface area contributed by atoms with E-state index in [4.69, 9.17) is 5.26 Å². The first-order valence-electron chi connectivity index (χ1n) is 7.05. The number of H-pyrrole nitrogens is 2. The van der Waals surface area contributed by atoms with Crippen molar-refractivity contribution in [2.24, 2.45) is 7.05 Å². The van der Waals surface area contributed by atoms with Crippen molar-refractivity contribution in [2.75, 3.05) is 0 Å². The van der Waals surface area contributed by atoms with E-state index < -0.39 is 16.8 Å². The lowest BCUT2D eigenvalue weighted by molar-refractivity contribution is 0.515. The van der Waals surface area contributed by atoms with Crippen molar-refractivity contribution < 1.29 is 5.11 Å². The fourth-order valence-corrected chi connectivity index (χ4v) is 2.22. The van der Waals surface area contributed by atoms with Crippen molar-refractivity contribution in [1.29, 1.82) is 5.26 Å². The lowest BCUT2D eigenvalue weighted by Crippen LogP contribution is -2.31. The summed E-state index contributed by atoms with van der Waals surface area (Å²) in [6.45, 7) is 0. The molecule has 0 spiro atoms. The van der Waals surface area contributed by atoms with Crippen LogP contribution < -0.4 is 16.8 Å². The van der Waals surface area contributed by atoms with Crippen LogP contribution in [0.25, 0.3) is 23.0 Å². The quantitative estimate of drug-likeness (QED) is 0.571. The average Bonchev–Trinajstić information content (AvgIpc) is 2.61. The largest absolute Gasteiger partial charge is 0.507 e. The number of nitriles is 1. The number of hydrogen-bond acceptors (Lipinski definition) is 6. The Labute approximate surface area is 139 Å². The van der Waals surface area contributed by atoms with Gasteiger partial charge in [-0.3, -0.25) is 19.1 Å². The summed E-state index contributed by atoms with van der Waals surface area (Å²) in [6.07, 6.45) is 1.10. The molecule has 3 aromatic rings. The lowest BCUT2D eigenvalue weighted by Gasteiger charge is -2.04. The molecular weight excluding hydrogens is 326 g/mol. The van der Waals surface area contributed by atoms with Crippen molar-refractivity contribution in [3.63, 3.8) is 0 Å². The molecule has 0 amide bonds. The minimum atomic E-state index is -0.748. The Hall–Kier alpha value is -3.93. The van der Waals surface area contributed by atoms with E-state index in [0.717, 1.165) is 10.6 Å². The van der Waals surface area contributed by atoms with Crippen LogP contribution in [0.1, 0.15) is 16.8 Å². The van der Waals surface area contributed by atoms with Crippen molar-refractivity contribution in [2.45, 2.75) is 0 Å². The number of aryl methyl sites for hydroxylation is 1. The third-order valence-electron chi connectivity index (χ3n) is 3.58. The Kier molecular flexibility index (Phi) is 3.79. The van der Waals surface area contributed by atoms with Gasteiger partial charge in [0, 0.05) is 18.7 Å². The first kappa shape index (κ1) is 15.9. The van der Waals surface area contributed by atoms with E-state index >= 15 is 0 Å². The number of nitrogens with zero attached hydrogens (tertiary/aromatic N) is 3. The number of hydrogen-bond donors (Lipinski definition) is 3. The van der Waals surface area contributed by atoms with Crippen LogP contribution in [0.5, 0.6) is 0 Å². The van der Waals surface area contributed by atoms with E-state index in [-0.39, 0.29) is 22.6 Å². The van der Waals surface area contributed by atoms with Gasteiger partial charge in [0.1, 0.15) is 17.1 Å². The summed E-state index contributed by atoms with van der Waals surface area (Å²) in [5, 5.41) is 18.9. The molecule has 2 aromatic heterocycles. The van der Waals surface area contributed by atoms with Crippen molar-refractivity contribution in [1.82, 2.24) is 19.5 Å². The Morgan fingerprint density at radius 3 is 2.52 bits per heavy atom. The number of rotatable bonds is 2. The fraction of sp³-hybridized carbons (Fsp3) is 0.0625. The predicted molar refractivity (Wildman–Crippen MR) is 89.9 cm³/mol. The number of aliphatic hydroxyl groups excluding tert-OH is 1. The number of aliphatic hydroxyl groups is 1. The Bertz CT molecular complexity index is 1220. The molecule has 0 aliphatic carbocycles. The maximum atomic E-state index is 12.1. The van der Waals surface area contributed by atoms with Gasteiger partial charge in [-0.2, -0.15) is 5.26 Å². The predicted octanol–water partition coefficient (Wildman–Crippen LogP) is 0.238. The summed E-state index contributed by atoms with van der Waals surface area (Å²) in [4.78, 5) is 44.0. The third-order valence-corrected chi connectivity index (χ3v) is 3.58. The molecule has 9 heteroatoms. The number of benzene rings is 1. The molecule has 25 heavy (non-hydrogen) atoms. The second-order valence-corrected chi connectivity index (χ2v) is 5.19. The zero-order valence-corrected chi connectivity index (χ0v) is 12.9. The average molecular weight is 337 g/mol. The summed E-state index contributed by atoms with van der Waals surface area (Å²) < 4.78 is 1.05. The van der Waals surface area contributed by atoms with Crippen LogP contribution in [-0.4, -0.2) is 24.6 Å². The highest BCUT2D eigenvalue weighted by atomic mass is 16.3. The van der Waals surface area contributed by atoms with Gasteiger partial charge in [-0.15, -0.1) is 0 Å². The Morgan fingerprint density at radius 2 is 1.88 bits per heavy atom. The molecular formula is C16H11N5O4. The van der Waals surface area contributed by atoms with E-state index in [2.05, 4.69) is 15.0 Å². The molecule has 0 saturated heterocycles. The van der Waals surface area contributed by atoms with Gasteiger partial charge in [0.25, 0.3) is 11.1 Å². The van der Waals surface area contributed by atoms with Crippen LogP contribution in [0.3, 0.4) is 0 Å². The Morgan fingerprint density at radius 1 is 1.20 bits per heavy atom. The number of aromatic amines is 2. The lowest BCUT2D eigenvalue weighted by atomic mass is 10.1. The summed E-state index contributed by atoms with van der Waals surface area (Å²) in [7, 11) is 1.38. The molecule has 3 N–H and O–H groups in total. The van der Waals surface area contributed by atoms with E-state index in [1.165, 1.54) is 31.3 Å². The van der Waals surface area contributed by atoms with Gasteiger partial charge in [0.15, 0.2) is 5.52 Å². The first-order chi connectivity index (χ1) is 11.9. The third kappa shape index (κ3) is 2.84. The van der Waals surface area contributed by atoms with E-state index in [1.807, 2.05) is 6.07 Å². The summed E-state index contributed by atoms with van der Waals surface area (Å²) in [5.74, 6) is -0.261. The standard InChI is InChI=1S/C16H11N5O4/c1-21-13-12(15(24)20-16(21)25)18-10(14(23)19-13)6-11(22)9-4-2-8(7-17)3-5-9/h2-6,22H,1H3,(H,19,23)(H,20,24,25)/b11-6-. The molecule has 2 heterocycles. The van der Waals surface area contributed by atoms with Gasteiger partial charge >= 0.3 is 5.69 Å². The minimum absolute atomic E-state index is 0.0197. The maximum absolute atomic E-state index is 12.1. The molecule has 1 aromatic carbocycles. The summed E-state index contributed by atoms with van der Waals surface area (Å²) in [5.41, 5.74) is -1.66. The zero-order chi connectivity index (χ0) is 18.1. The summed E-state index contributed by atoms with van der Waals surface area (Å²) in [6, 6.07) is 8.00. The number of aromatic nitrogens is 4. The van der Waals surface area contributed by atoms with Gasteiger partial charge in [0.2, 0.25) is 0 Å². The van der Waals surface area contributed by atoms with Crippen molar-refractivity contribution >= 4 is 23.0 Å². The molecule has 0 saturated carbocycles. The highest BCUT2D eigenvalue weighted by molar-refractivity contribution is 5.77. The van der Waals surface area contributed by atoms with Crippen LogP contribution in [0.15, 0.2) is 38.6 Å². The summed E-state index contributed by atoms with van der Waals surface area (Å²) >= 11 is 0. The van der Waals surface area contributed by atoms with Gasteiger partial charge in [0.05, 0.1) is 11.6 Å². The van der Waals surface area contributed by atoms with Crippen molar-refractivity contribution in [3.8, 4) is 6.07 Å². The number of nitrogens with one attached hydrogen (secondary N) is 2. The van der Waals surface area contributed by atoms with Gasteiger partial charge in [-0.05, 0) is 24.3 Å². The Balaban J connectivity index is 2.17. The minimum Gasteiger partial charge on any atom is -0.507 e. The van der Waals surface area contributed by atoms with Crippen LogP contribution in [0, 0.1) is 11.3 Å². The van der Waals surface area contributed by atoms with Crippen LogP contribution in [-0.2, 0) is 7.05 Å². The molecule has 0 aliphatic rings. The molecule has 3 rings (SSSR count). The van der Waals surface area contributed by atoms with E-state index in [9.17, 15) is 19.5 Å². The highest BCUT2D eigenvalue weighted by Gasteiger charge is 2.11. The molecule has 0 atom stereocenters. The molecule has 124 valence electrons. The molecule has 0 fully saturated rings. The van der Waals surface area contributed by atoms with Crippen molar-refractivity contribution in [3.05, 3.63) is 72.3 Å². The maximum Gasteiger partial charge on any atom is 0.329 e. The van der Waals surface area contributed by atoms with E-state index in [1.54, 1.807) is 0 Å². The second-order valence-electron chi connectivity index (χ2n) is 5.19. The second kappa shape index (κ2) is 5.93. The molecule has 0 bridgehead atoms. The van der Waals surface area contributed by atoms with Gasteiger partial charge < -0.3 is 10.1 Å². The first-order valence-corrected chi connectivity index (χ1v) is 7.05. The molecule has 9 nitrogen and oxygen atoms in total. The van der Waals surface area contributed by atoms with Crippen LogP contribution >= 0.6 is 0 Å². The highest BCUT2D eigenvalue weighted by Crippen LogP contribution is 2.14. The smallest absolute Gasteiger partial charge is 0.329 e. The fourth-order valence-electron chi connectivity index (χ4n) is 2.22. The number of fused-ring (bicyclic) bond motifs is 1. The monoisotopic (exact) mass is 337 g/mol. The topological polar surface area (TPSA) is 145 Å². The molecule has 0 unspecified atom stereocenters. The van der Waals surface area contributed by atoms with Gasteiger partial charge in [-0.25, -0.2) is 9.78 Å². The van der Waals surface area contributed by atoms with Gasteiger partial charge in [-0.1, -0.05) is 0 Å². The molecule has 0 aliphatic heterocycles. The normalized spacial score (nSPS) is 11.4.